The SMILES string of the molecule is CCCn1cc(S(=O)(=O)Nc2ccc(F)cn2)c(N)n1. The molecule has 0 unspecified atom stereocenters. The molecule has 0 aliphatic rings. The van der Waals surface area contributed by atoms with E-state index in [0.717, 1.165) is 18.7 Å². The highest BCUT2D eigenvalue weighted by atomic mass is 32.2. The molecule has 2 heterocycles. The van der Waals surface area contributed by atoms with Gasteiger partial charge >= 0.3 is 0 Å². The molecule has 7 nitrogen and oxygen atoms in total. The van der Waals surface area contributed by atoms with Gasteiger partial charge in [0.1, 0.15) is 16.5 Å². The van der Waals surface area contributed by atoms with Crippen LogP contribution in [0.1, 0.15) is 13.3 Å². The third kappa shape index (κ3) is 3.05. The van der Waals surface area contributed by atoms with Crippen LogP contribution in [0.3, 0.4) is 0 Å². The normalized spacial score (nSPS) is 11.5. The van der Waals surface area contributed by atoms with Crippen LogP contribution >= 0.6 is 0 Å². The van der Waals surface area contributed by atoms with Crippen molar-refractivity contribution in [3.63, 3.8) is 0 Å². The van der Waals surface area contributed by atoms with Crippen LogP contribution in [0.15, 0.2) is 29.4 Å². The van der Waals surface area contributed by atoms with Gasteiger partial charge in [-0.05, 0) is 18.6 Å². The van der Waals surface area contributed by atoms with E-state index in [-0.39, 0.29) is 16.5 Å². The molecule has 0 bridgehead atoms. The summed E-state index contributed by atoms with van der Waals surface area (Å²) in [5, 5.41) is 3.92. The van der Waals surface area contributed by atoms with Crippen LogP contribution in [0.25, 0.3) is 0 Å². The van der Waals surface area contributed by atoms with Gasteiger partial charge in [-0.2, -0.15) is 5.10 Å². The summed E-state index contributed by atoms with van der Waals surface area (Å²) in [5.41, 5.74) is 5.60. The highest BCUT2D eigenvalue weighted by molar-refractivity contribution is 7.92. The van der Waals surface area contributed by atoms with E-state index in [0.29, 0.717) is 6.54 Å². The van der Waals surface area contributed by atoms with Gasteiger partial charge < -0.3 is 5.73 Å². The zero-order valence-corrected chi connectivity index (χ0v) is 11.6. The third-order valence-electron chi connectivity index (χ3n) is 2.46. The van der Waals surface area contributed by atoms with E-state index >= 15 is 0 Å². The number of nitrogens with zero attached hydrogens (tertiary/aromatic N) is 3. The average molecular weight is 299 g/mol. The molecule has 0 radical (unpaired) electrons. The highest BCUT2D eigenvalue weighted by Gasteiger charge is 2.21. The number of aryl methyl sites for hydroxylation is 1. The topological polar surface area (TPSA) is 103 Å². The van der Waals surface area contributed by atoms with Gasteiger partial charge in [0.2, 0.25) is 0 Å². The predicted octanol–water partition coefficient (Wildman–Crippen LogP) is 1.21. The van der Waals surface area contributed by atoms with Gasteiger partial charge in [0.05, 0.1) is 6.20 Å². The smallest absolute Gasteiger partial charge is 0.268 e. The van der Waals surface area contributed by atoms with Gasteiger partial charge in [-0.25, -0.2) is 17.8 Å². The molecule has 0 saturated carbocycles. The number of halogens is 1. The average Bonchev–Trinajstić information content (AvgIpc) is 2.74. The highest BCUT2D eigenvalue weighted by Crippen LogP contribution is 2.19. The van der Waals surface area contributed by atoms with Crippen LogP contribution in [0.2, 0.25) is 0 Å². The minimum absolute atomic E-state index is 0.00837. The summed E-state index contributed by atoms with van der Waals surface area (Å²) >= 11 is 0. The summed E-state index contributed by atoms with van der Waals surface area (Å²) < 4.78 is 40.7. The lowest BCUT2D eigenvalue weighted by Gasteiger charge is -2.05. The Bertz CT molecular complexity index is 696. The standard InChI is InChI=1S/C11H14FN5O2S/c1-2-5-17-7-9(11(13)15-17)20(18,19)16-10-4-3-8(12)6-14-10/h3-4,6-7H,2,5H2,1H3,(H2,13,15)(H,14,16). The second kappa shape index (κ2) is 5.45. The monoisotopic (exact) mass is 299 g/mol. The molecule has 0 spiro atoms. The Morgan fingerprint density at radius 1 is 1.45 bits per heavy atom. The molecule has 0 aliphatic heterocycles. The lowest BCUT2D eigenvalue weighted by molar-refractivity contribution is 0.594. The number of nitrogens with two attached hydrogens (primary N) is 1. The van der Waals surface area contributed by atoms with E-state index in [2.05, 4.69) is 14.8 Å². The van der Waals surface area contributed by atoms with E-state index in [1.807, 2.05) is 6.92 Å². The molecule has 9 heteroatoms. The maximum Gasteiger partial charge on any atom is 0.268 e. The molecule has 2 aromatic rings. The summed E-state index contributed by atoms with van der Waals surface area (Å²) in [7, 11) is -3.90. The van der Waals surface area contributed by atoms with Crippen molar-refractivity contribution in [3.8, 4) is 0 Å². The number of anilines is 2. The van der Waals surface area contributed by atoms with Crippen LogP contribution in [0.4, 0.5) is 16.0 Å². The van der Waals surface area contributed by atoms with Crippen molar-refractivity contribution in [3.05, 3.63) is 30.3 Å². The number of hydrogen-bond acceptors (Lipinski definition) is 5. The molecule has 0 aromatic carbocycles. The van der Waals surface area contributed by atoms with Gasteiger partial charge in [-0.15, -0.1) is 0 Å². The van der Waals surface area contributed by atoms with Gasteiger partial charge in [-0.1, -0.05) is 6.92 Å². The first-order valence-corrected chi connectivity index (χ1v) is 7.38. The number of rotatable bonds is 5. The second-order valence-corrected chi connectivity index (χ2v) is 5.76. The molecule has 108 valence electrons. The minimum Gasteiger partial charge on any atom is -0.381 e. The predicted molar refractivity (Wildman–Crippen MR) is 71.9 cm³/mol. The fourth-order valence-electron chi connectivity index (χ4n) is 1.60. The van der Waals surface area contributed by atoms with E-state index in [9.17, 15) is 12.8 Å². The Kier molecular flexibility index (Phi) is 3.89. The molecular formula is C11H14FN5O2S. The largest absolute Gasteiger partial charge is 0.381 e. The lowest BCUT2D eigenvalue weighted by atomic mass is 10.5. The first-order valence-electron chi connectivity index (χ1n) is 5.89. The zero-order valence-electron chi connectivity index (χ0n) is 10.7. The van der Waals surface area contributed by atoms with Crippen molar-refractivity contribution in [1.29, 1.82) is 0 Å². The molecule has 0 aliphatic carbocycles. The molecule has 2 aromatic heterocycles. The molecule has 0 atom stereocenters. The number of aromatic nitrogens is 3. The molecule has 0 amide bonds. The molecule has 3 N–H and O–H groups in total. The number of hydrogen-bond donors (Lipinski definition) is 2. The van der Waals surface area contributed by atoms with Crippen LogP contribution in [0.5, 0.6) is 0 Å². The van der Waals surface area contributed by atoms with Crippen LogP contribution < -0.4 is 10.5 Å². The lowest BCUT2D eigenvalue weighted by Crippen LogP contribution is -2.14. The quantitative estimate of drug-likeness (QED) is 0.863. The van der Waals surface area contributed by atoms with Gasteiger partial charge in [-0.3, -0.25) is 9.40 Å². The molecule has 2 rings (SSSR count). The Hall–Kier alpha value is -2.16. The van der Waals surface area contributed by atoms with Gasteiger partial charge in [0.25, 0.3) is 10.0 Å². The van der Waals surface area contributed by atoms with E-state index < -0.39 is 15.8 Å². The Balaban J connectivity index is 2.28. The first kappa shape index (κ1) is 14.3. The summed E-state index contributed by atoms with van der Waals surface area (Å²) in [5.74, 6) is -0.634. The third-order valence-corrected chi connectivity index (χ3v) is 3.83. The molecular weight excluding hydrogens is 285 g/mol. The molecule has 0 fully saturated rings. The van der Waals surface area contributed by atoms with E-state index in [1.54, 1.807) is 0 Å². The fourth-order valence-corrected chi connectivity index (χ4v) is 2.68. The molecule has 0 saturated heterocycles. The summed E-state index contributed by atoms with van der Waals surface area (Å²) in [6.45, 7) is 2.50. The Labute approximate surface area is 115 Å². The minimum atomic E-state index is -3.90. The second-order valence-electron chi connectivity index (χ2n) is 4.11. The van der Waals surface area contributed by atoms with E-state index in [4.69, 9.17) is 5.73 Å². The number of nitrogen functional groups attached to an aromatic ring is 1. The first-order chi connectivity index (χ1) is 9.42. The van der Waals surface area contributed by atoms with Crippen molar-refractivity contribution in [2.45, 2.75) is 24.8 Å². The number of pyridine rings is 1. The summed E-state index contributed by atoms with van der Waals surface area (Å²) in [4.78, 5) is 3.50. The van der Waals surface area contributed by atoms with Crippen LogP contribution in [-0.4, -0.2) is 23.2 Å². The van der Waals surface area contributed by atoms with Crippen molar-refractivity contribution in [2.24, 2.45) is 0 Å². The van der Waals surface area contributed by atoms with Gasteiger partial charge in [0.15, 0.2) is 5.82 Å². The number of nitrogens with one attached hydrogen (secondary N) is 1. The summed E-state index contributed by atoms with van der Waals surface area (Å²) in [6.07, 6.45) is 3.07. The summed E-state index contributed by atoms with van der Waals surface area (Å²) in [6, 6.07) is 2.33. The fraction of sp³-hybridized carbons (Fsp3) is 0.273. The van der Waals surface area contributed by atoms with Crippen LogP contribution in [-0.2, 0) is 16.6 Å². The maximum atomic E-state index is 12.7. The van der Waals surface area contributed by atoms with Crippen molar-refractivity contribution >= 4 is 21.7 Å². The Morgan fingerprint density at radius 3 is 2.80 bits per heavy atom. The zero-order chi connectivity index (χ0) is 14.8. The van der Waals surface area contributed by atoms with Crippen molar-refractivity contribution < 1.29 is 12.8 Å². The number of sulfonamides is 1. The maximum absolute atomic E-state index is 12.7. The Morgan fingerprint density at radius 2 is 2.20 bits per heavy atom. The molecule has 20 heavy (non-hydrogen) atoms. The van der Waals surface area contributed by atoms with Crippen LogP contribution in [0, 0.1) is 5.82 Å². The van der Waals surface area contributed by atoms with Gasteiger partial charge in [0, 0.05) is 12.7 Å². The van der Waals surface area contributed by atoms with Crippen molar-refractivity contribution in [2.75, 3.05) is 10.5 Å². The van der Waals surface area contributed by atoms with E-state index in [1.165, 1.54) is 16.9 Å². The van der Waals surface area contributed by atoms with Crippen molar-refractivity contribution in [1.82, 2.24) is 14.8 Å².